The maximum absolute atomic E-state index is 13.3. The van der Waals surface area contributed by atoms with E-state index in [2.05, 4.69) is 15.0 Å². The number of carbonyl (C=O) groups is 3. The molecule has 14 heteroatoms. The van der Waals surface area contributed by atoms with Crippen LogP contribution in [-0.4, -0.2) is 52.0 Å². The molecule has 222 valence electrons. The van der Waals surface area contributed by atoms with Gasteiger partial charge >= 0.3 is 23.6 Å². The number of aromatic amines is 1. The summed E-state index contributed by atoms with van der Waals surface area (Å²) in [5, 5.41) is 3.73. The zero-order valence-electron chi connectivity index (χ0n) is 22.7. The lowest BCUT2D eigenvalue weighted by Crippen LogP contribution is -2.49. The molecule has 4 atom stereocenters. The molecule has 0 amide bonds. The van der Waals surface area contributed by atoms with E-state index in [1.807, 2.05) is 0 Å². The second-order valence-corrected chi connectivity index (χ2v) is 9.43. The molecule has 1 saturated heterocycles. The van der Waals surface area contributed by atoms with Crippen molar-refractivity contribution in [3.05, 3.63) is 151 Å². The predicted molar refractivity (Wildman–Crippen MR) is 151 cm³/mol. The highest BCUT2D eigenvalue weighted by atomic mass is 16.7. The Morgan fingerprint density at radius 3 is 1.86 bits per heavy atom. The molecule has 1 aliphatic rings. The number of esters is 3. The van der Waals surface area contributed by atoms with Crippen molar-refractivity contribution in [2.45, 2.75) is 24.2 Å². The molecule has 0 bridgehead atoms. The van der Waals surface area contributed by atoms with E-state index in [0.717, 1.165) is 16.8 Å². The summed E-state index contributed by atoms with van der Waals surface area (Å²) in [7, 11) is 0. The van der Waals surface area contributed by atoms with Gasteiger partial charge in [-0.2, -0.15) is 0 Å². The second-order valence-electron chi connectivity index (χ2n) is 9.43. The zero-order valence-corrected chi connectivity index (χ0v) is 22.7. The SMILES string of the molecule is [N-]=[N+]=N[C@]1(COC(=O)c2ccccc2)OC(n2ccc(=O)[nH]c2=O)C(OC(=O)c2ccccc2)[C@H]1OC(=O)c1ccccc1. The lowest BCUT2D eigenvalue weighted by Gasteiger charge is -2.29. The molecule has 2 heterocycles. The number of hydrogen-bond acceptors (Lipinski definition) is 10. The fourth-order valence-corrected chi connectivity index (χ4v) is 4.52. The first-order chi connectivity index (χ1) is 21.3. The number of ether oxygens (including phenoxy) is 4. The van der Waals surface area contributed by atoms with Gasteiger partial charge in [0.1, 0.15) is 6.61 Å². The minimum Gasteiger partial charge on any atom is -0.459 e. The van der Waals surface area contributed by atoms with Gasteiger partial charge in [-0.1, -0.05) is 59.7 Å². The van der Waals surface area contributed by atoms with Crippen LogP contribution in [0.1, 0.15) is 37.3 Å². The lowest BCUT2D eigenvalue weighted by atomic mass is 10.0. The van der Waals surface area contributed by atoms with E-state index in [9.17, 15) is 29.5 Å². The Bertz CT molecular complexity index is 1820. The normalized spacial score (nSPS) is 20.6. The summed E-state index contributed by atoms with van der Waals surface area (Å²) >= 11 is 0. The van der Waals surface area contributed by atoms with Gasteiger partial charge in [-0.3, -0.25) is 14.3 Å². The van der Waals surface area contributed by atoms with Crippen LogP contribution >= 0.6 is 0 Å². The fraction of sp³-hybridized carbons (Fsp3) is 0.167. The molecule has 0 spiro atoms. The lowest BCUT2D eigenvalue weighted by molar-refractivity contribution is -0.129. The van der Waals surface area contributed by atoms with Crippen molar-refractivity contribution in [2.24, 2.45) is 5.11 Å². The molecule has 1 fully saturated rings. The minimum atomic E-state index is -2.36. The Labute approximate surface area is 248 Å². The number of nitrogens with zero attached hydrogens (tertiary/aromatic N) is 4. The summed E-state index contributed by atoms with van der Waals surface area (Å²) in [5.74, 6) is -2.67. The number of hydrogen-bond donors (Lipinski definition) is 1. The summed E-state index contributed by atoms with van der Waals surface area (Å²) in [6.07, 6.45) is -4.01. The van der Waals surface area contributed by atoms with Crippen LogP contribution in [0.3, 0.4) is 0 Å². The predicted octanol–water partition coefficient (Wildman–Crippen LogP) is 3.38. The van der Waals surface area contributed by atoms with E-state index in [-0.39, 0.29) is 16.7 Å². The Hall–Kier alpha value is -5.98. The first kappa shape index (κ1) is 29.5. The molecule has 2 unspecified atom stereocenters. The number of benzene rings is 3. The van der Waals surface area contributed by atoms with Crippen molar-refractivity contribution < 1.29 is 33.3 Å². The van der Waals surface area contributed by atoms with Crippen LogP contribution in [0.5, 0.6) is 0 Å². The van der Waals surface area contributed by atoms with Gasteiger partial charge in [0.15, 0.2) is 18.4 Å². The van der Waals surface area contributed by atoms with Gasteiger partial charge in [0.2, 0.25) is 5.72 Å². The number of carbonyl (C=O) groups excluding carboxylic acids is 3. The van der Waals surface area contributed by atoms with Gasteiger partial charge in [-0.15, -0.1) is 0 Å². The molecule has 0 saturated carbocycles. The highest BCUT2D eigenvalue weighted by Crippen LogP contribution is 2.42. The van der Waals surface area contributed by atoms with Gasteiger partial charge in [0.25, 0.3) is 5.56 Å². The Balaban J connectivity index is 1.61. The Morgan fingerprint density at radius 1 is 0.818 bits per heavy atom. The third kappa shape index (κ3) is 6.26. The van der Waals surface area contributed by atoms with Crippen molar-refractivity contribution in [3.8, 4) is 0 Å². The Kier molecular flexibility index (Phi) is 8.65. The van der Waals surface area contributed by atoms with Crippen LogP contribution in [-0.2, 0) is 18.9 Å². The first-order valence-electron chi connectivity index (χ1n) is 13.1. The van der Waals surface area contributed by atoms with Gasteiger partial charge in [0.05, 0.1) is 16.7 Å². The maximum Gasteiger partial charge on any atom is 0.338 e. The van der Waals surface area contributed by atoms with Crippen LogP contribution in [0.2, 0.25) is 0 Å². The summed E-state index contributed by atoms with van der Waals surface area (Å²) in [5.41, 5.74) is 5.89. The van der Waals surface area contributed by atoms with Crippen LogP contribution in [0, 0.1) is 0 Å². The maximum atomic E-state index is 13.3. The third-order valence-corrected chi connectivity index (χ3v) is 6.60. The van der Waals surface area contributed by atoms with E-state index in [0.29, 0.717) is 0 Å². The average molecular weight is 598 g/mol. The van der Waals surface area contributed by atoms with E-state index in [1.165, 1.54) is 36.4 Å². The molecule has 1 N–H and O–H groups in total. The monoisotopic (exact) mass is 597 g/mol. The molecule has 4 aromatic rings. The van der Waals surface area contributed by atoms with Gasteiger partial charge in [-0.05, 0) is 41.9 Å². The largest absolute Gasteiger partial charge is 0.459 e. The molecular weight excluding hydrogens is 574 g/mol. The van der Waals surface area contributed by atoms with Crippen LogP contribution in [0.15, 0.2) is 118 Å². The van der Waals surface area contributed by atoms with Gasteiger partial charge in [0, 0.05) is 17.2 Å². The van der Waals surface area contributed by atoms with Gasteiger partial charge < -0.3 is 18.9 Å². The van der Waals surface area contributed by atoms with E-state index in [1.54, 1.807) is 54.6 Å². The fourth-order valence-electron chi connectivity index (χ4n) is 4.52. The topological polar surface area (TPSA) is 192 Å². The van der Waals surface area contributed by atoms with E-state index >= 15 is 0 Å². The number of rotatable bonds is 9. The van der Waals surface area contributed by atoms with E-state index < -0.39 is 59.9 Å². The number of azide groups is 1. The minimum absolute atomic E-state index is 0.0846. The Morgan fingerprint density at radius 2 is 1.34 bits per heavy atom. The molecule has 0 radical (unpaired) electrons. The summed E-state index contributed by atoms with van der Waals surface area (Å²) < 4.78 is 23.9. The molecule has 5 rings (SSSR count). The second kappa shape index (κ2) is 12.9. The summed E-state index contributed by atoms with van der Waals surface area (Å²) in [6, 6.07) is 24.4. The standard InChI is InChI=1S/C30H23N5O9/c31-34-33-30(18-41-26(37)19-10-4-1-5-11-19)24(43-28(39)21-14-8-3-9-15-21)23(42-27(38)20-12-6-2-7-13-20)25(44-30)35-17-16-22(36)32-29(35)40/h1-17,23-25H,18H2,(H,32,36,40)/t23?,24-,25?,30-/m1/s1. The van der Waals surface area contributed by atoms with Crippen molar-refractivity contribution in [1.82, 2.24) is 9.55 Å². The van der Waals surface area contributed by atoms with Crippen LogP contribution < -0.4 is 11.2 Å². The van der Waals surface area contributed by atoms with Gasteiger partial charge in [-0.25, -0.2) is 19.2 Å². The molecule has 1 aromatic heterocycles. The molecule has 14 nitrogen and oxygen atoms in total. The molecule has 1 aliphatic heterocycles. The number of H-pyrrole nitrogens is 1. The first-order valence-corrected chi connectivity index (χ1v) is 13.1. The molecule has 44 heavy (non-hydrogen) atoms. The number of aromatic nitrogens is 2. The third-order valence-electron chi connectivity index (χ3n) is 6.60. The van der Waals surface area contributed by atoms with Crippen LogP contribution in [0.25, 0.3) is 10.4 Å². The summed E-state index contributed by atoms with van der Waals surface area (Å²) in [6.45, 7) is -0.828. The van der Waals surface area contributed by atoms with Crippen molar-refractivity contribution in [2.75, 3.05) is 6.61 Å². The number of nitrogens with one attached hydrogen (secondary N) is 1. The summed E-state index contributed by atoms with van der Waals surface area (Å²) in [4.78, 5) is 69.1. The quantitative estimate of drug-likeness (QED) is 0.0990. The van der Waals surface area contributed by atoms with Crippen LogP contribution in [0.4, 0.5) is 0 Å². The van der Waals surface area contributed by atoms with Crippen molar-refractivity contribution >= 4 is 17.9 Å². The molecule has 3 aromatic carbocycles. The smallest absolute Gasteiger partial charge is 0.338 e. The van der Waals surface area contributed by atoms with Crippen molar-refractivity contribution in [1.29, 1.82) is 0 Å². The van der Waals surface area contributed by atoms with Crippen molar-refractivity contribution in [3.63, 3.8) is 0 Å². The zero-order chi connectivity index (χ0) is 31.1. The molecular formula is C30H23N5O9. The highest BCUT2D eigenvalue weighted by Gasteiger charge is 2.61. The highest BCUT2D eigenvalue weighted by molar-refractivity contribution is 5.91. The van der Waals surface area contributed by atoms with E-state index in [4.69, 9.17) is 18.9 Å². The average Bonchev–Trinajstić information content (AvgIpc) is 3.33. The molecule has 0 aliphatic carbocycles.